The van der Waals surface area contributed by atoms with E-state index in [9.17, 15) is 8.78 Å². The molecule has 1 atom stereocenters. The fraction of sp³-hybridized carbons (Fsp3) is 0.368. The van der Waals surface area contributed by atoms with Crippen LogP contribution < -0.4 is 14.2 Å². The van der Waals surface area contributed by atoms with Crippen molar-refractivity contribution in [2.24, 2.45) is 0 Å². The van der Waals surface area contributed by atoms with Crippen molar-refractivity contribution < 1.29 is 23.0 Å². The van der Waals surface area contributed by atoms with Gasteiger partial charge in [0.25, 0.3) is 5.92 Å². The van der Waals surface area contributed by atoms with Crippen molar-refractivity contribution in [2.75, 3.05) is 21.3 Å². The van der Waals surface area contributed by atoms with Crippen LogP contribution in [-0.2, 0) is 5.92 Å². The number of ether oxygens (including phenoxy) is 3. The fourth-order valence-corrected chi connectivity index (χ4v) is 2.61. The Morgan fingerprint density at radius 1 is 0.833 bits per heavy atom. The summed E-state index contributed by atoms with van der Waals surface area (Å²) in [5.74, 6) is -1.20. The number of hydrogen-bond acceptors (Lipinski definition) is 3. The number of halogens is 2. The molecule has 0 heterocycles. The van der Waals surface area contributed by atoms with Gasteiger partial charge in [-0.3, -0.25) is 0 Å². The summed E-state index contributed by atoms with van der Waals surface area (Å²) < 4.78 is 42.7. The molecule has 0 aliphatic heterocycles. The Balaban J connectivity index is 2.40. The lowest BCUT2D eigenvalue weighted by molar-refractivity contribution is 0.0174. The van der Waals surface area contributed by atoms with Gasteiger partial charge in [-0.05, 0) is 23.3 Å². The van der Waals surface area contributed by atoms with Gasteiger partial charge >= 0.3 is 0 Å². The van der Waals surface area contributed by atoms with E-state index in [2.05, 4.69) is 0 Å². The van der Waals surface area contributed by atoms with Crippen molar-refractivity contribution in [3.05, 3.63) is 53.1 Å². The number of methoxy groups -OCH3 is 3. The van der Waals surface area contributed by atoms with Crippen LogP contribution in [0.5, 0.6) is 17.2 Å². The lowest BCUT2D eigenvalue weighted by Gasteiger charge is -2.19. The summed E-state index contributed by atoms with van der Waals surface area (Å²) in [5, 5.41) is 0. The summed E-state index contributed by atoms with van der Waals surface area (Å²) in [7, 11) is 4.67. The second-order valence-corrected chi connectivity index (χ2v) is 5.69. The number of hydrogen-bond donors (Lipinski definition) is 0. The van der Waals surface area contributed by atoms with Gasteiger partial charge in [0.2, 0.25) is 5.75 Å². The van der Waals surface area contributed by atoms with Crippen LogP contribution in [0.4, 0.5) is 8.78 Å². The van der Waals surface area contributed by atoms with E-state index in [0.717, 1.165) is 18.1 Å². The smallest absolute Gasteiger partial charge is 0.270 e. The zero-order chi connectivity index (χ0) is 17.9. The van der Waals surface area contributed by atoms with E-state index in [4.69, 9.17) is 14.2 Å². The van der Waals surface area contributed by atoms with Crippen molar-refractivity contribution in [1.29, 1.82) is 0 Å². The van der Waals surface area contributed by atoms with Crippen molar-refractivity contribution >= 4 is 0 Å². The van der Waals surface area contributed by atoms with Crippen LogP contribution in [0.15, 0.2) is 36.4 Å². The van der Waals surface area contributed by atoms with E-state index in [1.165, 1.54) is 12.1 Å². The van der Waals surface area contributed by atoms with E-state index >= 15 is 0 Å². The molecule has 2 aromatic carbocycles. The summed E-state index contributed by atoms with van der Waals surface area (Å²) in [5.41, 5.74) is 1.88. The molecule has 0 fully saturated rings. The Hall–Kier alpha value is -2.30. The molecule has 0 N–H and O–H groups in total. The number of alkyl halides is 2. The third-order valence-corrected chi connectivity index (χ3v) is 4.10. The molecule has 130 valence electrons. The average Bonchev–Trinajstić information content (AvgIpc) is 2.59. The first-order chi connectivity index (χ1) is 11.3. The fourth-order valence-electron chi connectivity index (χ4n) is 2.61. The molecule has 24 heavy (non-hydrogen) atoms. The molecule has 0 bridgehead atoms. The predicted octanol–water partition coefficient (Wildman–Crippen LogP) is 4.98. The van der Waals surface area contributed by atoms with Crippen LogP contribution in [-0.4, -0.2) is 21.3 Å². The van der Waals surface area contributed by atoms with Gasteiger partial charge in [-0.25, -0.2) is 8.78 Å². The molecule has 3 nitrogen and oxygen atoms in total. The van der Waals surface area contributed by atoms with Gasteiger partial charge in [0.15, 0.2) is 11.5 Å². The molecule has 0 spiro atoms. The third-order valence-electron chi connectivity index (χ3n) is 4.10. The standard InChI is InChI=1S/C19H22F2O3/c1-12(13-6-8-15(9-7-13)19(2,20)21)14-10-16(22-3)18(24-5)17(11-14)23-4/h6-12H,1-5H3. The summed E-state index contributed by atoms with van der Waals surface area (Å²) in [6.45, 7) is 2.89. The zero-order valence-corrected chi connectivity index (χ0v) is 14.5. The lowest BCUT2D eigenvalue weighted by Crippen LogP contribution is -2.07. The quantitative estimate of drug-likeness (QED) is 0.745. The predicted molar refractivity (Wildman–Crippen MR) is 89.6 cm³/mol. The SMILES string of the molecule is COc1cc(C(C)c2ccc(C(C)(F)F)cc2)cc(OC)c1OC. The highest BCUT2D eigenvalue weighted by Crippen LogP contribution is 2.41. The number of rotatable bonds is 6. The van der Waals surface area contributed by atoms with E-state index < -0.39 is 5.92 Å². The van der Waals surface area contributed by atoms with Gasteiger partial charge in [0, 0.05) is 18.4 Å². The minimum Gasteiger partial charge on any atom is -0.493 e. The van der Waals surface area contributed by atoms with Crippen LogP contribution in [0.25, 0.3) is 0 Å². The van der Waals surface area contributed by atoms with Crippen LogP contribution in [0.3, 0.4) is 0 Å². The van der Waals surface area contributed by atoms with Gasteiger partial charge in [-0.15, -0.1) is 0 Å². The Morgan fingerprint density at radius 3 is 1.71 bits per heavy atom. The van der Waals surface area contributed by atoms with E-state index in [-0.39, 0.29) is 11.5 Å². The average molecular weight is 336 g/mol. The minimum atomic E-state index is -2.84. The maximum Gasteiger partial charge on any atom is 0.270 e. The molecule has 0 aliphatic carbocycles. The Kier molecular flexibility index (Phi) is 5.32. The normalized spacial score (nSPS) is 12.6. The van der Waals surface area contributed by atoms with Crippen molar-refractivity contribution in [3.63, 3.8) is 0 Å². The largest absolute Gasteiger partial charge is 0.493 e. The summed E-state index contributed by atoms with van der Waals surface area (Å²) >= 11 is 0. The van der Waals surface area contributed by atoms with Crippen LogP contribution in [0.1, 0.15) is 36.5 Å². The molecular weight excluding hydrogens is 314 g/mol. The van der Waals surface area contributed by atoms with Gasteiger partial charge in [-0.2, -0.15) is 0 Å². The summed E-state index contributed by atoms with van der Waals surface area (Å²) in [6.07, 6.45) is 0. The molecule has 0 radical (unpaired) electrons. The maximum atomic E-state index is 13.3. The van der Waals surface area contributed by atoms with Crippen molar-refractivity contribution in [2.45, 2.75) is 25.7 Å². The van der Waals surface area contributed by atoms with Crippen LogP contribution >= 0.6 is 0 Å². The topological polar surface area (TPSA) is 27.7 Å². The highest BCUT2D eigenvalue weighted by Gasteiger charge is 2.24. The maximum absolute atomic E-state index is 13.3. The Bertz CT molecular complexity index is 666. The van der Waals surface area contributed by atoms with Gasteiger partial charge in [0.05, 0.1) is 21.3 Å². The molecule has 0 amide bonds. The van der Waals surface area contributed by atoms with E-state index in [1.54, 1.807) is 33.5 Å². The van der Waals surface area contributed by atoms with Gasteiger partial charge in [0.1, 0.15) is 0 Å². The Labute approximate surface area is 141 Å². The highest BCUT2D eigenvalue weighted by molar-refractivity contribution is 5.55. The summed E-state index contributed by atoms with van der Waals surface area (Å²) in [6, 6.07) is 10.1. The minimum absolute atomic E-state index is 0.00309. The first-order valence-electron chi connectivity index (χ1n) is 7.60. The van der Waals surface area contributed by atoms with Crippen molar-refractivity contribution in [1.82, 2.24) is 0 Å². The van der Waals surface area contributed by atoms with Gasteiger partial charge < -0.3 is 14.2 Å². The molecule has 5 heteroatoms. The van der Waals surface area contributed by atoms with Gasteiger partial charge in [-0.1, -0.05) is 31.2 Å². The molecule has 0 aliphatic rings. The molecular formula is C19H22F2O3. The molecule has 2 rings (SSSR count). The molecule has 0 saturated heterocycles. The molecule has 1 unspecified atom stereocenters. The monoisotopic (exact) mass is 336 g/mol. The second-order valence-electron chi connectivity index (χ2n) is 5.69. The number of benzene rings is 2. The lowest BCUT2D eigenvalue weighted by atomic mass is 9.91. The van der Waals surface area contributed by atoms with Crippen LogP contribution in [0.2, 0.25) is 0 Å². The second kappa shape index (κ2) is 7.07. The molecule has 2 aromatic rings. The first kappa shape index (κ1) is 18.0. The van der Waals surface area contributed by atoms with E-state index in [0.29, 0.717) is 17.2 Å². The Morgan fingerprint density at radius 2 is 1.33 bits per heavy atom. The summed E-state index contributed by atoms with van der Waals surface area (Å²) in [4.78, 5) is 0. The molecule has 0 saturated carbocycles. The van der Waals surface area contributed by atoms with Crippen molar-refractivity contribution in [3.8, 4) is 17.2 Å². The first-order valence-corrected chi connectivity index (χ1v) is 7.60. The zero-order valence-electron chi connectivity index (χ0n) is 14.5. The third kappa shape index (κ3) is 3.61. The van der Waals surface area contributed by atoms with Crippen LogP contribution in [0, 0.1) is 0 Å². The van der Waals surface area contributed by atoms with E-state index in [1.807, 2.05) is 19.1 Å². The highest BCUT2D eigenvalue weighted by atomic mass is 19.3. The molecule has 0 aromatic heterocycles.